The Kier molecular flexibility index (Phi) is 3.97. The topological polar surface area (TPSA) is 71.2 Å². The highest BCUT2D eigenvalue weighted by Crippen LogP contribution is 2.22. The van der Waals surface area contributed by atoms with E-state index in [0.717, 1.165) is 17.3 Å². The van der Waals surface area contributed by atoms with Crippen LogP contribution in [-0.4, -0.2) is 29.4 Å². The zero-order chi connectivity index (χ0) is 13.8. The molecule has 0 radical (unpaired) electrons. The lowest BCUT2D eigenvalue weighted by Crippen LogP contribution is -2.28. The van der Waals surface area contributed by atoms with Gasteiger partial charge in [0.1, 0.15) is 5.69 Å². The average Bonchev–Trinajstić information content (AvgIpc) is 2.45. The van der Waals surface area contributed by atoms with E-state index >= 15 is 0 Å². The number of nitrogens with one attached hydrogen (secondary N) is 1. The van der Waals surface area contributed by atoms with Crippen LogP contribution < -0.4 is 11.3 Å². The Morgan fingerprint density at radius 1 is 1.42 bits per heavy atom. The van der Waals surface area contributed by atoms with Gasteiger partial charge in [-0.15, -0.1) is 0 Å². The molecule has 0 bridgehead atoms. The molecule has 0 aliphatic heterocycles. The number of pyridine rings is 1. The molecule has 2 aromatic rings. The predicted molar refractivity (Wildman–Crippen MR) is 76.8 cm³/mol. The largest absolute Gasteiger partial charge is 0.340 e. The summed E-state index contributed by atoms with van der Waals surface area (Å²) in [7, 11) is 1.78. The number of nitrogens with two attached hydrogens (primary N) is 1. The summed E-state index contributed by atoms with van der Waals surface area (Å²) >= 11 is 0. The van der Waals surface area contributed by atoms with Gasteiger partial charge in [0.15, 0.2) is 0 Å². The highest BCUT2D eigenvalue weighted by atomic mass is 16.2. The van der Waals surface area contributed by atoms with Crippen molar-refractivity contribution >= 4 is 22.5 Å². The molecule has 100 valence electrons. The minimum atomic E-state index is -0.0934. The van der Waals surface area contributed by atoms with Crippen molar-refractivity contribution in [3.63, 3.8) is 0 Å². The number of carbonyl (C=O) groups excluding carboxylic acids is 1. The van der Waals surface area contributed by atoms with E-state index in [2.05, 4.69) is 10.4 Å². The van der Waals surface area contributed by atoms with E-state index < -0.39 is 0 Å². The Balaban J connectivity index is 2.47. The predicted octanol–water partition coefficient (Wildman–Crippen LogP) is 2.00. The highest BCUT2D eigenvalue weighted by molar-refractivity contribution is 5.99. The summed E-state index contributed by atoms with van der Waals surface area (Å²) in [6, 6.07) is 9.28. The summed E-state index contributed by atoms with van der Waals surface area (Å²) in [6.45, 7) is 2.74. The molecular formula is C14H18N4O. The highest BCUT2D eigenvalue weighted by Gasteiger charge is 2.15. The smallest absolute Gasteiger partial charge is 0.272 e. The second kappa shape index (κ2) is 5.67. The van der Waals surface area contributed by atoms with Gasteiger partial charge in [-0.3, -0.25) is 10.6 Å². The first-order chi connectivity index (χ1) is 9.17. The maximum atomic E-state index is 12.2. The van der Waals surface area contributed by atoms with Gasteiger partial charge in [0.2, 0.25) is 0 Å². The number of hydrogen-bond donors (Lipinski definition) is 2. The van der Waals surface area contributed by atoms with Crippen molar-refractivity contribution in [3.8, 4) is 0 Å². The molecule has 0 unspecified atom stereocenters. The zero-order valence-electron chi connectivity index (χ0n) is 11.2. The van der Waals surface area contributed by atoms with E-state index in [1.54, 1.807) is 18.0 Å². The van der Waals surface area contributed by atoms with Crippen LogP contribution in [-0.2, 0) is 0 Å². The van der Waals surface area contributed by atoms with Gasteiger partial charge in [0, 0.05) is 19.0 Å². The number of para-hydroxylation sites is 1. The van der Waals surface area contributed by atoms with E-state index in [0.29, 0.717) is 17.9 Å². The summed E-state index contributed by atoms with van der Waals surface area (Å²) in [5.74, 6) is 5.42. The van der Waals surface area contributed by atoms with Crippen molar-refractivity contribution in [2.24, 2.45) is 5.84 Å². The molecule has 1 aromatic carbocycles. The second-order valence-electron chi connectivity index (χ2n) is 4.44. The Morgan fingerprint density at radius 3 is 2.84 bits per heavy atom. The van der Waals surface area contributed by atoms with Crippen molar-refractivity contribution in [2.75, 3.05) is 19.0 Å². The van der Waals surface area contributed by atoms with Gasteiger partial charge in [0.25, 0.3) is 5.91 Å². The quantitative estimate of drug-likeness (QED) is 0.650. The number of benzene rings is 1. The molecular weight excluding hydrogens is 240 g/mol. The molecule has 5 nitrogen and oxygen atoms in total. The van der Waals surface area contributed by atoms with Gasteiger partial charge in [-0.05, 0) is 18.6 Å². The van der Waals surface area contributed by atoms with Crippen molar-refractivity contribution < 1.29 is 4.79 Å². The van der Waals surface area contributed by atoms with Crippen molar-refractivity contribution in [2.45, 2.75) is 13.3 Å². The molecule has 0 saturated carbocycles. The lowest BCUT2D eigenvalue weighted by atomic mass is 10.1. The van der Waals surface area contributed by atoms with Gasteiger partial charge in [0.05, 0.1) is 11.2 Å². The molecule has 0 atom stereocenters. The van der Waals surface area contributed by atoms with Gasteiger partial charge in [-0.1, -0.05) is 25.1 Å². The number of hydrogen-bond acceptors (Lipinski definition) is 4. The van der Waals surface area contributed by atoms with Gasteiger partial charge < -0.3 is 10.3 Å². The number of fused-ring (bicyclic) bond motifs is 1. The number of nitrogens with zero attached hydrogens (tertiary/aromatic N) is 2. The van der Waals surface area contributed by atoms with Crippen molar-refractivity contribution in [3.05, 3.63) is 36.0 Å². The monoisotopic (exact) mass is 258 g/mol. The number of amides is 1. The third-order valence-corrected chi connectivity index (χ3v) is 3.00. The number of hydrazine groups is 1. The van der Waals surface area contributed by atoms with Crippen molar-refractivity contribution in [1.82, 2.24) is 9.88 Å². The normalized spacial score (nSPS) is 10.5. The molecule has 5 heteroatoms. The summed E-state index contributed by atoms with van der Waals surface area (Å²) in [6.07, 6.45) is 0.915. The SMILES string of the molecule is CCCN(C)C(=O)c1cc(NN)c2ccccc2n1. The van der Waals surface area contributed by atoms with Crippen LogP contribution in [0.2, 0.25) is 0 Å². The average molecular weight is 258 g/mol. The molecule has 1 amide bonds. The molecule has 0 aliphatic rings. The lowest BCUT2D eigenvalue weighted by molar-refractivity contribution is 0.0790. The molecule has 1 aromatic heterocycles. The fourth-order valence-electron chi connectivity index (χ4n) is 2.04. The number of nitrogen functional groups attached to an aromatic ring is 1. The molecule has 0 fully saturated rings. The molecule has 0 spiro atoms. The molecule has 3 N–H and O–H groups in total. The summed E-state index contributed by atoms with van der Waals surface area (Å²) < 4.78 is 0. The van der Waals surface area contributed by atoms with Crippen LogP contribution in [0.3, 0.4) is 0 Å². The maximum absolute atomic E-state index is 12.2. The van der Waals surface area contributed by atoms with Crippen LogP contribution in [0.15, 0.2) is 30.3 Å². The van der Waals surface area contributed by atoms with Crippen LogP contribution in [0, 0.1) is 0 Å². The Bertz CT molecular complexity index is 597. The molecule has 2 rings (SSSR count). The van der Waals surface area contributed by atoms with Crippen LogP contribution in [0.5, 0.6) is 0 Å². The summed E-state index contributed by atoms with van der Waals surface area (Å²) in [5, 5.41) is 0.902. The summed E-state index contributed by atoms with van der Waals surface area (Å²) in [4.78, 5) is 18.3. The Labute approximate surface area is 112 Å². The first kappa shape index (κ1) is 13.3. The molecule has 0 aliphatic carbocycles. The van der Waals surface area contributed by atoms with Crippen LogP contribution in [0.4, 0.5) is 5.69 Å². The number of carbonyl (C=O) groups is 1. The molecule has 19 heavy (non-hydrogen) atoms. The van der Waals surface area contributed by atoms with Gasteiger partial charge in [-0.2, -0.15) is 0 Å². The standard InChI is InChI=1S/C14H18N4O/c1-3-8-18(2)14(19)13-9-12(17-15)10-6-4-5-7-11(10)16-13/h4-7,9H,3,8,15H2,1-2H3,(H,16,17). The number of anilines is 1. The minimum Gasteiger partial charge on any atom is -0.340 e. The van der Waals surface area contributed by atoms with Crippen LogP contribution in [0.1, 0.15) is 23.8 Å². The number of rotatable bonds is 4. The van der Waals surface area contributed by atoms with Crippen LogP contribution in [0.25, 0.3) is 10.9 Å². The first-order valence-electron chi connectivity index (χ1n) is 6.29. The van der Waals surface area contributed by atoms with E-state index in [-0.39, 0.29) is 5.91 Å². The third-order valence-electron chi connectivity index (χ3n) is 3.00. The molecule has 0 saturated heterocycles. The number of aromatic nitrogens is 1. The van der Waals surface area contributed by atoms with Crippen molar-refractivity contribution in [1.29, 1.82) is 0 Å². The Hall–Kier alpha value is -2.14. The van der Waals surface area contributed by atoms with Gasteiger partial charge >= 0.3 is 0 Å². The van der Waals surface area contributed by atoms with E-state index in [1.807, 2.05) is 31.2 Å². The zero-order valence-corrected chi connectivity index (χ0v) is 11.2. The maximum Gasteiger partial charge on any atom is 0.272 e. The van der Waals surface area contributed by atoms with Crippen LogP contribution >= 0.6 is 0 Å². The lowest BCUT2D eigenvalue weighted by Gasteiger charge is -2.16. The van der Waals surface area contributed by atoms with E-state index in [1.165, 1.54) is 0 Å². The molecule has 1 heterocycles. The first-order valence-corrected chi connectivity index (χ1v) is 6.29. The fourth-order valence-corrected chi connectivity index (χ4v) is 2.04. The minimum absolute atomic E-state index is 0.0934. The fraction of sp³-hybridized carbons (Fsp3) is 0.286. The van der Waals surface area contributed by atoms with E-state index in [9.17, 15) is 4.79 Å². The Morgan fingerprint density at radius 2 is 2.16 bits per heavy atom. The summed E-state index contributed by atoms with van der Waals surface area (Å²) in [5.41, 5.74) is 4.49. The third kappa shape index (κ3) is 2.66. The second-order valence-corrected chi connectivity index (χ2v) is 4.44. The van der Waals surface area contributed by atoms with Gasteiger partial charge in [-0.25, -0.2) is 4.98 Å². The van der Waals surface area contributed by atoms with E-state index in [4.69, 9.17) is 5.84 Å².